The molecule has 2 rings (SSSR count). The standard InChI is InChI=1S/C13H14F3N5OS/c1-7-5-3-4-6-9(7)18-10(22)8(2)23-12-20-19-11(21(12)17)13(14,15)16/h3-6,8H,17H2,1-2H3,(H,18,22). The van der Waals surface area contributed by atoms with Gasteiger partial charge < -0.3 is 11.2 Å². The van der Waals surface area contributed by atoms with Crippen LogP contribution in [0.5, 0.6) is 0 Å². The third-order valence-corrected chi connectivity index (χ3v) is 4.03. The fourth-order valence-corrected chi connectivity index (χ4v) is 2.48. The Morgan fingerprint density at radius 3 is 2.57 bits per heavy atom. The molecule has 1 heterocycles. The second-order valence-corrected chi connectivity index (χ2v) is 6.05. The van der Waals surface area contributed by atoms with Crippen molar-refractivity contribution in [2.45, 2.75) is 30.4 Å². The van der Waals surface area contributed by atoms with E-state index in [2.05, 4.69) is 15.5 Å². The van der Waals surface area contributed by atoms with Gasteiger partial charge in [-0.1, -0.05) is 30.0 Å². The topological polar surface area (TPSA) is 85.8 Å². The Morgan fingerprint density at radius 1 is 1.35 bits per heavy atom. The minimum absolute atomic E-state index is 0.190. The summed E-state index contributed by atoms with van der Waals surface area (Å²) in [6.07, 6.45) is -4.70. The number of thioether (sulfide) groups is 1. The number of nitrogens with one attached hydrogen (secondary N) is 1. The number of nitrogens with zero attached hydrogens (tertiary/aromatic N) is 3. The van der Waals surface area contributed by atoms with Crippen molar-refractivity contribution in [3.05, 3.63) is 35.7 Å². The number of aromatic nitrogens is 3. The second-order valence-electron chi connectivity index (χ2n) is 4.74. The molecule has 0 aliphatic carbocycles. The van der Waals surface area contributed by atoms with E-state index in [1.54, 1.807) is 19.1 Å². The molecule has 124 valence electrons. The number of anilines is 1. The molecule has 1 atom stereocenters. The first-order chi connectivity index (χ1) is 10.7. The predicted octanol–water partition coefficient (Wildman–Crippen LogP) is 2.44. The number of alkyl halides is 3. The summed E-state index contributed by atoms with van der Waals surface area (Å²) in [7, 11) is 0. The normalized spacial score (nSPS) is 12.9. The van der Waals surface area contributed by atoms with Crippen LogP contribution in [0.4, 0.5) is 18.9 Å². The Kier molecular flexibility index (Phi) is 4.83. The van der Waals surface area contributed by atoms with Gasteiger partial charge in [0.2, 0.25) is 11.1 Å². The fraction of sp³-hybridized carbons (Fsp3) is 0.308. The van der Waals surface area contributed by atoms with E-state index in [1.165, 1.54) is 0 Å². The van der Waals surface area contributed by atoms with E-state index >= 15 is 0 Å². The van der Waals surface area contributed by atoms with Crippen LogP contribution in [0.15, 0.2) is 29.4 Å². The van der Waals surface area contributed by atoms with Gasteiger partial charge >= 0.3 is 6.18 Å². The van der Waals surface area contributed by atoms with E-state index in [0.29, 0.717) is 10.4 Å². The van der Waals surface area contributed by atoms with Crippen LogP contribution in [0.2, 0.25) is 0 Å². The number of nitrogen functional groups attached to an aromatic ring is 1. The van der Waals surface area contributed by atoms with Crippen LogP contribution in [0.1, 0.15) is 18.3 Å². The zero-order chi connectivity index (χ0) is 17.2. The number of amides is 1. The quantitative estimate of drug-likeness (QED) is 0.657. The van der Waals surface area contributed by atoms with Gasteiger partial charge in [0.05, 0.1) is 5.25 Å². The highest BCUT2D eigenvalue weighted by Gasteiger charge is 2.38. The zero-order valence-corrected chi connectivity index (χ0v) is 13.1. The highest BCUT2D eigenvalue weighted by molar-refractivity contribution is 8.00. The van der Waals surface area contributed by atoms with Crippen LogP contribution >= 0.6 is 11.8 Å². The van der Waals surface area contributed by atoms with E-state index in [1.807, 2.05) is 19.1 Å². The molecule has 0 aliphatic heterocycles. The van der Waals surface area contributed by atoms with Gasteiger partial charge in [0, 0.05) is 5.69 Å². The molecule has 0 radical (unpaired) electrons. The lowest BCUT2D eigenvalue weighted by atomic mass is 10.2. The summed E-state index contributed by atoms with van der Waals surface area (Å²) in [5, 5.41) is 8.20. The molecule has 0 bridgehead atoms. The van der Waals surface area contributed by atoms with Crippen molar-refractivity contribution < 1.29 is 18.0 Å². The molecular weight excluding hydrogens is 331 g/mol. The smallest absolute Gasteiger partial charge is 0.335 e. The van der Waals surface area contributed by atoms with E-state index in [4.69, 9.17) is 5.84 Å². The number of hydrogen-bond acceptors (Lipinski definition) is 5. The second kappa shape index (κ2) is 6.49. The van der Waals surface area contributed by atoms with Gasteiger partial charge in [0.15, 0.2) is 0 Å². The number of halogens is 3. The largest absolute Gasteiger partial charge is 0.453 e. The minimum atomic E-state index is -4.70. The molecule has 3 N–H and O–H groups in total. The number of rotatable bonds is 4. The Hall–Kier alpha value is -2.23. The molecule has 0 saturated carbocycles. The van der Waals surface area contributed by atoms with Crippen molar-refractivity contribution in [2.24, 2.45) is 0 Å². The maximum atomic E-state index is 12.6. The highest BCUT2D eigenvalue weighted by Crippen LogP contribution is 2.30. The maximum Gasteiger partial charge on any atom is 0.453 e. The summed E-state index contributed by atoms with van der Waals surface area (Å²) in [6.45, 7) is 3.37. The van der Waals surface area contributed by atoms with Crippen LogP contribution in [0.25, 0.3) is 0 Å². The lowest BCUT2D eigenvalue weighted by Crippen LogP contribution is -2.25. The van der Waals surface area contributed by atoms with Gasteiger partial charge in [-0.05, 0) is 25.5 Å². The Bertz CT molecular complexity index is 716. The van der Waals surface area contributed by atoms with Crippen LogP contribution in [-0.4, -0.2) is 26.0 Å². The minimum Gasteiger partial charge on any atom is -0.335 e. The lowest BCUT2D eigenvalue weighted by molar-refractivity contribution is -0.146. The van der Waals surface area contributed by atoms with Crippen molar-refractivity contribution in [3.63, 3.8) is 0 Å². The number of nitrogens with two attached hydrogens (primary N) is 1. The molecule has 10 heteroatoms. The first-order valence-electron chi connectivity index (χ1n) is 6.51. The summed E-state index contributed by atoms with van der Waals surface area (Å²) in [5.74, 6) is 3.65. The zero-order valence-electron chi connectivity index (χ0n) is 12.3. The molecule has 1 unspecified atom stereocenters. The Labute approximate surface area is 134 Å². The average molecular weight is 345 g/mol. The average Bonchev–Trinajstić information content (AvgIpc) is 2.82. The number of benzene rings is 1. The number of para-hydroxylation sites is 1. The third-order valence-electron chi connectivity index (χ3n) is 2.97. The molecule has 0 saturated heterocycles. The first-order valence-corrected chi connectivity index (χ1v) is 7.39. The van der Waals surface area contributed by atoms with E-state index in [0.717, 1.165) is 17.3 Å². The molecule has 23 heavy (non-hydrogen) atoms. The van der Waals surface area contributed by atoms with Crippen LogP contribution in [-0.2, 0) is 11.0 Å². The Balaban J connectivity index is 2.07. The number of hydrogen-bond donors (Lipinski definition) is 2. The van der Waals surface area contributed by atoms with Gasteiger partial charge in [-0.25, -0.2) is 4.68 Å². The molecule has 1 aromatic heterocycles. The molecule has 0 fully saturated rings. The van der Waals surface area contributed by atoms with Crippen molar-refractivity contribution in [2.75, 3.05) is 11.2 Å². The van der Waals surface area contributed by atoms with Gasteiger partial charge in [-0.15, -0.1) is 10.2 Å². The summed E-state index contributed by atoms with van der Waals surface area (Å²) in [6, 6.07) is 7.17. The van der Waals surface area contributed by atoms with Gasteiger partial charge in [-0.2, -0.15) is 13.2 Å². The van der Waals surface area contributed by atoms with Crippen LogP contribution in [0, 0.1) is 6.92 Å². The number of carbonyl (C=O) groups excluding carboxylic acids is 1. The lowest BCUT2D eigenvalue weighted by Gasteiger charge is -2.13. The predicted molar refractivity (Wildman–Crippen MR) is 80.3 cm³/mol. The van der Waals surface area contributed by atoms with Gasteiger partial charge in [0.25, 0.3) is 5.82 Å². The fourth-order valence-electron chi connectivity index (χ4n) is 1.71. The molecular formula is C13H14F3N5OS. The molecule has 2 aromatic rings. The first kappa shape index (κ1) is 17.1. The van der Waals surface area contributed by atoms with Crippen molar-refractivity contribution in [1.29, 1.82) is 0 Å². The van der Waals surface area contributed by atoms with Crippen LogP contribution < -0.4 is 11.2 Å². The summed E-state index contributed by atoms with van der Waals surface area (Å²) in [5.41, 5.74) is 1.51. The van der Waals surface area contributed by atoms with Crippen molar-refractivity contribution >= 4 is 23.4 Å². The summed E-state index contributed by atoms with van der Waals surface area (Å²) >= 11 is 0.793. The number of aryl methyl sites for hydroxylation is 1. The van der Waals surface area contributed by atoms with Crippen molar-refractivity contribution in [3.8, 4) is 0 Å². The summed E-state index contributed by atoms with van der Waals surface area (Å²) < 4.78 is 38.1. The molecule has 0 spiro atoms. The maximum absolute atomic E-state index is 12.6. The molecule has 6 nitrogen and oxygen atoms in total. The van der Waals surface area contributed by atoms with Crippen LogP contribution in [0.3, 0.4) is 0 Å². The number of carbonyl (C=O) groups is 1. The van der Waals surface area contributed by atoms with E-state index in [-0.39, 0.29) is 11.1 Å². The highest BCUT2D eigenvalue weighted by atomic mass is 32.2. The molecule has 1 amide bonds. The van der Waals surface area contributed by atoms with Gasteiger partial charge in [-0.3, -0.25) is 4.79 Å². The van der Waals surface area contributed by atoms with E-state index in [9.17, 15) is 18.0 Å². The molecule has 0 aliphatic rings. The van der Waals surface area contributed by atoms with E-state index < -0.39 is 17.3 Å². The molecule has 1 aromatic carbocycles. The summed E-state index contributed by atoms with van der Waals surface area (Å²) in [4.78, 5) is 12.1. The monoisotopic (exact) mass is 345 g/mol. The van der Waals surface area contributed by atoms with Gasteiger partial charge in [0.1, 0.15) is 0 Å². The SMILES string of the molecule is Cc1ccccc1NC(=O)C(C)Sc1nnc(C(F)(F)F)n1N. The Morgan fingerprint density at radius 2 is 2.00 bits per heavy atom. The van der Waals surface area contributed by atoms with Crippen molar-refractivity contribution in [1.82, 2.24) is 14.9 Å². The third kappa shape index (κ3) is 3.95.